The Hall–Kier alpha value is -3.29. The van der Waals surface area contributed by atoms with Gasteiger partial charge < -0.3 is 10.1 Å². The van der Waals surface area contributed by atoms with Gasteiger partial charge in [-0.2, -0.15) is 15.0 Å². The van der Waals surface area contributed by atoms with E-state index >= 15 is 0 Å². The lowest BCUT2D eigenvalue weighted by Crippen LogP contribution is -2.40. The molecule has 0 saturated heterocycles. The highest BCUT2D eigenvalue weighted by Gasteiger charge is 2.31. The summed E-state index contributed by atoms with van der Waals surface area (Å²) in [5.41, 5.74) is 0.193. The van der Waals surface area contributed by atoms with Crippen molar-refractivity contribution in [2.75, 3.05) is 6.61 Å². The molecule has 1 unspecified atom stereocenters. The molecule has 0 bridgehead atoms. The normalized spacial score (nSPS) is 18.6. The van der Waals surface area contributed by atoms with Crippen LogP contribution in [-0.2, 0) is 0 Å². The lowest BCUT2D eigenvalue weighted by molar-refractivity contribution is 0.0914. The van der Waals surface area contributed by atoms with Crippen molar-refractivity contribution in [2.45, 2.75) is 25.3 Å². The fraction of sp³-hybridized carbons (Fsp3) is 0.286. The van der Waals surface area contributed by atoms with Gasteiger partial charge in [0.1, 0.15) is 28.6 Å². The zero-order valence-electron chi connectivity index (χ0n) is 15.6. The van der Waals surface area contributed by atoms with Gasteiger partial charge in [-0.05, 0) is 49.2 Å². The molecule has 1 N–H and O–H groups in total. The Balaban J connectivity index is 1.46. The lowest BCUT2D eigenvalue weighted by atomic mass is 10.0. The maximum absolute atomic E-state index is 14.5. The second-order valence-corrected chi connectivity index (χ2v) is 6.99. The minimum Gasteiger partial charge on any atom is -0.493 e. The Kier molecular flexibility index (Phi) is 5.50. The van der Waals surface area contributed by atoms with Crippen LogP contribution in [0.4, 0.5) is 8.78 Å². The number of hydrogen-bond donors (Lipinski definition) is 1. The van der Waals surface area contributed by atoms with Crippen LogP contribution in [0.2, 0.25) is 0 Å². The van der Waals surface area contributed by atoms with E-state index in [2.05, 4.69) is 15.5 Å². The number of amides is 1. The highest BCUT2D eigenvalue weighted by molar-refractivity contribution is 5.98. The fourth-order valence-corrected chi connectivity index (χ4v) is 3.65. The van der Waals surface area contributed by atoms with Crippen molar-refractivity contribution in [3.63, 3.8) is 0 Å². The van der Waals surface area contributed by atoms with Crippen LogP contribution in [0.1, 0.15) is 29.6 Å². The van der Waals surface area contributed by atoms with Crippen molar-refractivity contribution in [2.24, 2.45) is 5.92 Å². The molecule has 1 heterocycles. The third kappa shape index (κ3) is 4.26. The molecular weight excluding hydrogens is 378 g/mol. The molecule has 3 aromatic rings. The molecule has 4 rings (SSSR count). The van der Waals surface area contributed by atoms with Crippen LogP contribution in [0.15, 0.2) is 54.9 Å². The number of carbonyl (C=O) groups is 1. The van der Waals surface area contributed by atoms with Crippen LogP contribution in [0, 0.1) is 17.6 Å². The number of rotatable bonds is 6. The van der Waals surface area contributed by atoms with E-state index in [1.807, 2.05) is 0 Å². The first-order chi connectivity index (χ1) is 14.1. The van der Waals surface area contributed by atoms with Crippen molar-refractivity contribution in [3.05, 3.63) is 72.1 Å². The topological polar surface area (TPSA) is 69.0 Å². The second-order valence-electron chi connectivity index (χ2n) is 6.99. The summed E-state index contributed by atoms with van der Waals surface area (Å²) >= 11 is 0. The standard InChI is InChI=1S/C21H20F2N4O2/c22-15-7-9-16(10-8-15)29-13-14-3-1-5-18(14)26-21(28)20-17(23)4-2-6-19(20)27-24-11-12-25-27/h2,4,6-12,14,18H,1,3,5,13H2,(H,26,28)/t14-,18?/m1/s1. The van der Waals surface area contributed by atoms with E-state index in [-0.39, 0.29) is 29.0 Å². The van der Waals surface area contributed by atoms with Crippen molar-refractivity contribution >= 4 is 5.91 Å². The third-order valence-electron chi connectivity index (χ3n) is 5.11. The molecule has 1 saturated carbocycles. The van der Waals surface area contributed by atoms with Crippen molar-refractivity contribution in [3.8, 4) is 11.4 Å². The molecule has 0 spiro atoms. The molecule has 1 aromatic heterocycles. The van der Waals surface area contributed by atoms with Gasteiger partial charge >= 0.3 is 0 Å². The van der Waals surface area contributed by atoms with E-state index in [0.717, 1.165) is 19.3 Å². The van der Waals surface area contributed by atoms with E-state index in [1.165, 1.54) is 41.5 Å². The molecule has 2 atom stereocenters. The third-order valence-corrected chi connectivity index (χ3v) is 5.11. The van der Waals surface area contributed by atoms with Crippen LogP contribution < -0.4 is 10.1 Å². The Bertz CT molecular complexity index is 977. The maximum atomic E-state index is 14.5. The van der Waals surface area contributed by atoms with Gasteiger partial charge in [0.05, 0.1) is 19.0 Å². The van der Waals surface area contributed by atoms with Crippen molar-refractivity contribution in [1.82, 2.24) is 20.3 Å². The number of ether oxygens (including phenoxy) is 1. The van der Waals surface area contributed by atoms with Gasteiger partial charge in [0.2, 0.25) is 0 Å². The van der Waals surface area contributed by atoms with Gasteiger partial charge in [0.15, 0.2) is 0 Å². The SMILES string of the molecule is O=C(NC1CCC[C@@H]1COc1ccc(F)cc1)c1c(F)cccc1-n1nccn1. The Morgan fingerprint density at radius 1 is 1.10 bits per heavy atom. The number of hydrogen-bond acceptors (Lipinski definition) is 4. The molecule has 8 heteroatoms. The number of benzene rings is 2. The summed E-state index contributed by atoms with van der Waals surface area (Å²) in [6.07, 6.45) is 5.54. The van der Waals surface area contributed by atoms with E-state index in [0.29, 0.717) is 12.4 Å². The molecule has 1 aliphatic carbocycles. The smallest absolute Gasteiger partial charge is 0.256 e. The Morgan fingerprint density at radius 3 is 2.62 bits per heavy atom. The van der Waals surface area contributed by atoms with Crippen LogP contribution in [0.25, 0.3) is 5.69 Å². The summed E-state index contributed by atoms with van der Waals surface area (Å²) in [7, 11) is 0. The van der Waals surface area contributed by atoms with Gasteiger partial charge in [-0.25, -0.2) is 8.78 Å². The monoisotopic (exact) mass is 398 g/mol. The van der Waals surface area contributed by atoms with Crippen LogP contribution in [0.3, 0.4) is 0 Å². The highest BCUT2D eigenvalue weighted by Crippen LogP contribution is 2.28. The number of aromatic nitrogens is 3. The molecule has 2 aromatic carbocycles. The minimum atomic E-state index is -0.630. The first kappa shape index (κ1) is 19.0. The average Bonchev–Trinajstić information content (AvgIpc) is 3.39. The molecule has 29 heavy (non-hydrogen) atoms. The van der Waals surface area contributed by atoms with Gasteiger partial charge in [-0.3, -0.25) is 4.79 Å². The first-order valence-corrected chi connectivity index (χ1v) is 9.46. The fourth-order valence-electron chi connectivity index (χ4n) is 3.65. The molecular formula is C21H20F2N4O2. The Labute approximate surface area is 166 Å². The van der Waals surface area contributed by atoms with Crippen molar-refractivity contribution in [1.29, 1.82) is 0 Å². The molecule has 1 amide bonds. The number of nitrogens with zero attached hydrogens (tertiary/aromatic N) is 3. The highest BCUT2D eigenvalue weighted by atomic mass is 19.1. The summed E-state index contributed by atoms with van der Waals surface area (Å²) < 4.78 is 33.3. The quantitative estimate of drug-likeness (QED) is 0.690. The summed E-state index contributed by atoms with van der Waals surface area (Å²) in [6, 6.07) is 10.0. The predicted molar refractivity (Wildman–Crippen MR) is 102 cm³/mol. The van der Waals surface area contributed by atoms with Gasteiger partial charge in [0.25, 0.3) is 5.91 Å². The Morgan fingerprint density at radius 2 is 1.86 bits per heavy atom. The number of carbonyl (C=O) groups excluding carboxylic acids is 1. The number of nitrogens with one attached hydrogen (secondary N) is 1. The van der Waals surface area contributed by atoms with Crippen LogP contribution in [0.5, 0.6) is 5.75 Å². The zero-order valence-corrected chi connectivity index (χ0v) is 15.6. The summed E-state index contributed by atoms with van der Waals surface area (Å²) in [6.45, 7) is 0.390. The summed E-state index contributed by atoms with van der Waals surface area (Å²) in [4.78, 5) is 14.1. The van der Waals surface area contributed by atoms with E-state index in [9.17, 15) is 13.6 Å². The molecule has 0 aliphatic heterocycles. The van der Waals surface area contributed by atoms with Gasteiger partial charge in [-0.1, -0.05) is 12.5 Å². The lowest BCUT2D eigenvalue weighted by Gasteiger charge is -2.22. The van der Waals surface area contributed by atoms with Crippen molar-refractivity contribution < 1.29 is 18.3 Å². The largest absolute Gasteiger partial charge is 0.493 e. The molecule has 150 valence electrons. The maximum Gasteiger partial charge on any atom is 0.256 e. The second kappa shape index (κ2) is 8.38. The predicted octanol–water partition coefficient (Wildman–Crippen LogP) is 3.52. The summed E-state index contributed by atoms with van der Waals surface area (Å²) in [5, 5.41) is 10.9. The van der Waals surface area contributed by atoms with Crippen LogP contribution in [-0.4, -0.2) is 33.5 Å². The first-order valence-electron chi connectivity index (χ1n) is 9.46. The van der Waals surface area contributed by atoms with Gasteiger partial charge in [0, 0.05) is 12.0 Å². The summed E-state index contributed by atoms with van der Waals surface area (Å²) in [5.74, 6) is -0.800. The molecule has 0 radical (unpaired) electrons. The van der Waals surface area contributed by atoms with E-state index < -0.39 is 11.7 Å². The van der Waals surface area contributed by atoms with Gasteiger partial charge in [-0.15, -0.1) is 0 Å². The van der Waals surface area contributed by atoms with E-state index in [4.69, 9.17) is 4.74 Å². The average molecular weight is 398 g/mol. The van der Waals surface area contributed by atoms with E-state index in [1.54, 1.807) is 18.2 Å². The molecule has 1 fully saturated rings. The molecule has 1 aliphatic rings. The van der Waals surface area contributed by atoms with Crippen LogP contribution >= 0.6 is 0 Å². The number of halogens is 2. The molecule has 6 nitrogen and oxygen atoms in total. The zero-order chi connectivity index (χ0) is 20.2. The minimum absolute atomic E-state index is 0.0852.